The van der Waals surface area contributed by atoms with Crippen LogP contribution in [0.25, 0.3) is 22.3 Å². The molecule has 0 radical (unpaired) electrons. The molecular formula is C42H49FN10O4. The van der Waals surface area contributed by atoms with E-state index in [2.05, 4.69) is 64.1 Å². The molecule has 2 aliphatic carbocycles. The van der Waals surface area contributed by atoms with E-state index in [1.165, 1.54) is 17.7 Å². The van der Waals surface area contributed by atoms with E-state index in [1.807, 2.05) is 12.1 Å². The number of amides is 3. The first-order valence-corrected chi connectivity index (χ1v) is 20.6. The van der Waals surface area contributed by atoms with E-state index in [4.69, 9.17) is 4.74 Å². The van der Waals surface area contributed by atoms with E-state index in [-0.39, 0.29) is 42.6 Å². The van der Waals surface area contributed by atoms with Crippen LogP contribution in [0.1, 0.15) is 61.4 Å². The minimum Gasteiger partial charge on any atom is -0.488 e. The molecule has 5 fully saturated rings. The Labute approximate surface area is 330 Å². The van der Waals surface area contributed by atoms with E-state index in [1.54, 1.807) is 18.5 Å². The van der Waals surface area contributed by atoms with Crippen molar-refractivity contribution < 1.29 is 23.5 Å². The van der Waals surface area contributed by atoms with Gasteiger partial charge in [0.05, 0.1) is 29.1 Å². The molecule has 0 bridgehead atoms. The summed E-state index contributed by atoms with van der Waals surface area (Å²) in [6.07, 6.45) is 6.74. The maximum Gasteiger partial charge on any atom is 0.255 e. The van der Waals surface area contributed by atoms with Crippen LogP contribution < -0.4 is 19.9 Å². The summed E-state index contributed by atoms with van der Waals surface area (Å²) in [6.45, 7) is 11.5. The van der Waals surface area contributed by atoms with Crippen LogP contribution in [0.4, 0.5) is 15.9 Å². The summed E-state index contributed by atoms with van der Waals surface area (Å²) in [5, 5.41) is 11.0. The van der Waals surface area contributed by atoms with Crippen molar-refractivity contribution in [3.63, 3.8) is 0 Å². The number of aromatic amines is 1. The summed E-state index contributed by atoms with van der Waals surface area (Å²) >= 11 is 0. The predicted molar refractivity (Wildman–Crippen MR) is 211 cm³/mol. The molecule has 1 atom stereocenters. The summed E-state index contributed by atoms with van der Waals surface area (Å²) in [6, 6.07) is 10.8. The van der Waals surface area contributed by atoms with Crippen LogP contribution in [-0.2, 0) is 16.1 Å². The lowest BCUT2D eigenvalue weighted by atomic mass is 9.74. The number of imide groups is 1. The second kappa shape index (κ2) is 14.3. The number of nitrogens with one attached hydrogen (secondary N) is 2. The molecule has 4 aliphatic heterocycles. The van der Waals surface area contributed by atoms with Gasteiger partial charge in [-0.1, -0.05) is 0 Å². The number of carbonyl (C=O) groups is 3. The van der Waals surface area contributed by atoms with Crippen molar-refractivity contribution >= 4 is 40.1 Å². The Morgan fingerprint density at radius 1 is 0.877 bits per heavy atom. The molecule has 2 aromatic heterocycles. The molecule has 14 nitrogen and oxygen atoms in total. The van der Waals surface area contributed by atoms with E-state index in [0.717, 1.165) is 118 Å². The van der Waals surface area contributed by atoms with Gasteiger partial charge in [-0.25, -0.2) is 14.4 Å². The number of aromatic nitrogens is 4. The highest BCUT2D eigenvalue weighted by atomic mass is 19.1. The third-order valence-corrected chi connectivity index (χ3v) is 13.2. The van der Waals surface area contributed by atoms with Gasteiger partial charge in [0.1, 0.15) is 29.5 Å². The highest BCUT2D eigenvalue weighted by molar-refractivity contribution is 6.05. The molecule has 3 amide bonds. The monoisotopic (exact) mass is 776 g/mol. The smallest absolute Gasteiger partial charge is 0.255 e. The van der Waals surface area contributed by atoms with Gasteiger partial charge < -0.3 is 19.4 Å². The number of anilines is 2. The average Bonchev–Trinajstić information content (AvgIpc) is 3.61. The van der Waals surface area contributed by atoms with Crippen molar-refractivity contribution in [3.8, 4) is 17.1 Å². The lowest BCUT2D eigenvalue weighted by Crippen LogP contribution is -2.52. The molecule has 1 unspecified atom stereocenters. The van der Waals surface area contributed by atoms with Gasteiger partial charge in [0.15, 0.2) is 5.82 Å². The second-order valence-corrected chi connectivity index (χ2v) is 17.2. The highest BCUT2D eigenvalue weighted by Gasteiger charge is 2.42. The van der Waals surface area contributed by atoms with E-state index in [0.29, 0.717) is 22.7 Å². The van der Waals surface area contributed by atoms with E-state index < -0.39 is 11.9 Å². The fourth-order valence-corrected chi connectivity index (χ4v) is 9.54. The first-order chi connectivity index (χ1) is 27.7. The van der Waals surface area contributed by atoms with Crippen LogP contribution in [0.15, 0.2) is 42.7 Å². The molecule has 2 N–H and O–H groups in total. The number of hydrogen-bond acceptors (Lipinski definition) is 11. The van der Waals surface area contributed by atoms with Gasteiger partial charge in [-0.3, -0.25) is 34.6 Å². The van der Waals surface area contributed by atoms with Gasteiger partial charge in [-0.2, -0.15) is 5.10 Å². The Kier molecular flexibility index (Phi) is 9.11. The molecule has 57 heavy (non-hydrogen) atoms. The molecule has 4 aromatic rings. The van der Waals surface area contributed by atoms with Crippen molar-refractivity contribution in [2.45, 2.75) is 63.6 Å². The number of carbonyl (C=O) groups excluding carboxylic acids is 3. The Morgan fingerprint density at radius 3 is 2.30 bits per heavy atom. The fourth-order valence-electron chi connectivity index (χ4n) is 9.54. The molecule has 10 rings (SSSR count). The first kappa shape index (κ1) is 36.2. The Balaban J connectivity index is 0.671. The Morgan fingerprint density at radius 2 is 1.60 bits per heavy atom. The zero-order valence-electron chi connectivity index (χ0n) is 32.4. The lowest BCUT2D eigenvalue weighted by Gasteiger charge is -2.44. The SMILES string of the molecule is CC1(Oc2ccc3n[nH]c(-c4cc(N5CCN(CC6CC(CN7CCN(c8ccc9c(c8F)CN(C8CCC(=O)NC8=O)C9=O)CC7)C6)CC5)ncn4)c3c2)CC1. The maximum absolute atomic E-state index is 15.9. The van der Waals surface area contributed by atoms with Crippen molar-refractivity contribution in [2.75, 3.05) is 75.2 Å². The molecule has 15 heteroatoms. The predicted octanol–water partition coefficient (Wildman–Crippen LogP) is 3.82. The first-order valence-electron chi connectivity index (χ1n) is 20.6. The largest absolute Gasteiger partial charge is 0.488 e. The van der Waals surface area contributed by atoms with Crippen LogP contribution in [0, 0.1) is 17.7 Å². The van der Waals surface area contributed by atoms with Crippen LogP contribution in [0.2, 0.25) is 0 Å². The molecular weight excluding hydrogens is 728 g/mol. The van der Waals surface area contributed by atoms with Gasteiger partial charge >= 0.3 is 0 Å². The summed E-state index contributed by atoms with van der Waals surface area (Å²) in [7, 11) is 0. The fraction of sp³-hybridized carbons (Fsp3) is 0.524. The minimum absolute atomic E-state index is 0.0446. The molecule has 6 aliphatic rings. The summed E-state index contributed by atoms with van der Waals surface area (Å²) in [5.41, 5.74) is 3.72. The van der Waals surface area contributed by atoms with Crippen molar-refractivity contribution in [3.05, 3.63) is 59.7 Å². The number of H-pyrrole nitrogens is 1. The number of piperazine rings is 2. The minimum atomic E-state index is -0.754. The quantitative estimate of drug-likeness (QED) is 0.227. The van der Waals surface area contributed by atoms with Crippen LogP contribution >= 0.6 is 0 Å². The normalized spacial score (nSPS) is 25.1. The summed E-state index contributed by atoms with van der Waals surface area (Å²) in [4.78, 5) is 57.4. The molecule has 2 saturated carbocycles. The number of piperidine rings is 1. The van der Waals surface area contributed by atoms with Crippen molar-refractivity contribution in [1.29, 1.82) is 0 Å². The number of halogens is 1. The van der Waals surface area contributed by atoms with Gasteiger partial charge in [-0.15, -0.1) is 0 Å². The Hall–Kier alpha value is -5.15. The zero-order valence-corrected chi connectivity index (χ0v) is 32.4. The van der Waals surface area contributed by atoms with Gasteiger partial charge in [0, 0.05) is 94.4 Å². The van der Waals surface area contributed by atoms with Crippen LogP contribution in [-0.4, -0.2) is 130 Å². The van der Waals surface area contributed by atoms with Crippen LogP contribution in [0.5, 0.6) is 5.75 Å². The topological polar surface area (TPSA) is 143 Å². The molecule has 298 valence electrons. The molecule has 6 heterocycles. The summed E-state index contributed by atoms with van der Waals surface area (Å²) in [5.74, 6) is 1.67. The number of rotatable bonds is 10. The number of hydrogen-bond donors (Lipinski definition) is 2. The second-order valence-electron chi connectivity index (χ2n) is 17.2. The van der Waals surface area contributed by atoms with Gasteiger partial charge in [0.2, 0.25) is 11.8 Å². The highest BCUT2D eigenvalue weighted by Crippen LogP contribution is 2.41. The van der Waals surface area contributed by atoms with Crippen molar-refractivity contribution in [2.24, 2.45) is 11.8 Å². The number of benzene rings is 2. The number of ether oxygens (including phenoxy) is 1. The van der Waals surface area contributed by atoms with Crippen LogP contribution in [0.3, 0.4) is 0 Å². The Bertz CT molecular complexity index is 2220. The van der Waals surface area contributed by atoms with Crippen molar-refractivity contribution in [1.82, 2.24) is 40.2 Å². The summed E-state index contributed by atoms with van der Waals surface area (Å²) < 4.78 is 22.1. The molecule has 2 aromatic carbocycles. The number of fused-ring (bicyclic) bond motifs is 2. The van der Waals surface area contributed by atoms with Gasteiger partial charge in [-0.05, 0) is 81.2 Å². The maximum atomic E-state index is 15.9. The lowest BCUT2D eigenvalue weighted by molar-refractivity contribution is -0.136. The average molecular weight is 777 g/mol. The molecule has 3 saturated heterocycles. The van der Waals surface area contributed by atoms with Gasteiger partial charge in [0.25, 0.3) is 5.91 Å². The molecule has 0 spiro atoms. The van der Waals surface area contributed by atoms with E-state index in [9.17, 15) is 14.4 Å². The zero-order chi connectivity index (χ0) is 38.8. The standard InChI is InChI=1S/C42H49FN10O4/c1-42(8-9-42)57-28-2-4-32-30(20-28)39(48-47-32)33-21-36(45-25-44-33)52-16-12-50(13-17-52)23-27-18-26(19-27)22-49-10-14-51(15-11-49)34-5-3-29-31(38(34)43)24-53(41(29)56)35-6-7-37(54)46-40(35)55/h2-5,20-21,25-27,35H,6-19,22-24H2,1H3,(H,47,48)(H,46,54,55). The third-order valence-electron chi connectivity index (χ3n) is 13.2. The number of nitrogens with zero attached hydrogens (tertiary/aromatic N) is 8. The third kappa shape index (κ3) is 7.09. The van der Waals surface area contributed by atoms with E-state index >= 15 is 4.39 Å².